The number of carbonyl (C=O) groups is 1. The number of aromatic amines is 1. The van der Waals surface area contributed by atoms with Gasteiger partial charge in [-0.3, -0.25) is 14.9 Å². The van der Waals surface area contributed by atoms with Gasteiger partial charge in [-0.25, -0.2) is 0 Å². The summed E-state index contributed by atoms with van der Waals surface area (Å²) in [6.07, 6.45) is 8.47. The van der Waals surface area contributed by atoms with Gasteiger partial charge < -0.3 is 9.47 Å². The number of hydrogen-bond acceptors (Lipinski definition) is 5. The standard InChI is InChI=1S/C20H29N3O3/c1-4-25-19(24)20(2,3)12-7-5-6-8-14-26-16-9-10-17(21-15-16)18-11-13-22-23-18/h9-11,13,15H,4-8,12,14H2,1-3H3,(H,22,23). The van der Waals surface area contributed by atoms with Crippen molar-refractivity contribution in [3.63, 3.8) is 0 Å². The fraction of sp³-hybridized carbons (Fsp3) is 0.550. The van der Waals surface area contributed by atoms with Crippen molar-refractivity contribution in [1.82, 2.24) is 15.2 Å². The first-order valence-electron chi connectivity index (χ1n) is 9.29. The Morgan fingerprint density at radius 1 is 1.15 bits per heavy atom. The molecule has 2 rings (SSSR count). The van der Waals surface area contributed by atoms with Gasteiger partial charge in [0.1, 0.15) is 5.75 Å². The third kappa shape index (κ3) is 6.17. The molecule has 0 atom stereocenters. The van der Waals surface area contributed by atoms with Crippen molar-refractivity contribution in [2.45, 2.75) is 52.9 Å². The fourth-order valence-corrected chi connectivity index (χ4v) is 2.66. The first-order chi connectivity index (χ1) is 12.5. The zero-order valence-corrected chi connectivity index (χ0v) is 16.0. The Morgan fingerprint density at radius 3 is 2.62 bits per heavy atom. The smallest absolute Gasteiger partial charge is 0.311 e. The molecular formula is C20H29N3O3. The molecule has 0 spiro atoms. The molecule has 6 heteroatoms. The van der Waals surface area contributed by atoms with E-state index in [1.807, 2.05) is 39.0 Å². The van der Waals surface area contributed by atoms with E-state index in [1.165, 1.54) is 0 Å². The minimum Gasteiger partial charge on any atom is -0.492 e. The van der Waals surface area contributed by atoms with E-state index in [9.17, 15) is 4.79 Å². The normalized spacial score (nSPS) is 11.3. The third-order valence-electron chi connectivity index (χ3n) is 4.31. The molecule has 2 aromatic heterocycles. The van der Waals surface area contributed by atoms with Crippen LogP contribution >= 0.6 is 0 Å². The van der Waals surface area contributed by atoms with Crippen LogP contribution in [0.25, 0.3) is 11.4 Å². The van der Waals surface area contributed by atoms with E-state index >= 15 is 0 Å². The molecule has 0 fully saturated rings. The molecule has 0 saturated heterocycles. The Morgan fingerprint density at radius 2 is 1.96 bits per heavy atom. The highest BCUT2D eigenvalue weighted by Crippen LogP contribution is 2.25. The number of esters is 1. The Balaban J connectivity index is 1.59. The van der Waals surface area contributed by atoms with E-state index in [0.717, 1.165) is 49.2 Å². The summed E-state index contributed by atoms with van der Waals surface area (Å²) in [5.41, 5.74) is 1.34. The molecule has 26 heavy (non-hydrogen) atoms. The van der Waals surface area contributed by atoms with Gasteiger partial charge >= 0.3 is 5.97 Å². The maximum absolute atomic E-state index is 11.8. The summed E-state index contributed by atoms with van der Waals surface area (Å²) in [6, 6.07) is 5.72. The van der Waals surface area contributed by atoms with Crippen LogP contribution in [0.3, 0.4) is 0 Å². The number of ether oxygens (including phenoxy) is 2. The maximum atomic E-state index is 11.8. The van der Waals surface area contributed by atoms with Crippen LogP contribution in [0.2, 0.25) is 0 Å². The molecule has 0 unspecified atom stereocenters. The molecule has 142 valence electrons. The molecule has 2 aromatic rings. The topological polar surface area (TPSA) is 77.1 Å². The number of hydrogen-bond donors (Lipinski definition) is 1. The number of nitrogens with one attached hydrogen (secondary N) is 1. The fourth-order valence-electron chi connectivity index (χ4n) is 2.66. The average Bonchev–Trinajstić information content (AvgIpc) is 3.16. The largest absolute Gasteiger partial charge is 0.492 e. The molecule has 0 aliphatic rings. The van der Waals surface area contributed by atoms with Crippen LogP contribution in [0.1, 0.15) is 52.9 Å². The number of H-pyrrole nitrogens is 1. The van der Waals surface area contributed by atoms with E-state index in [2.05, 4.69) is 15.2 Å². The number of rotatable bonds is 11. The lowest BCUT2D eigenvalue weighted by molar-refractivity contribution is -0.153. The van der Waals surface area contributed by atoms with Crippen LogP contribution in [-0.4, -0.2) is 34.4 Å². The lowest BCUT2D eigenvalue weighted by atomic mass is 9.87. The summed E-state index contributed by atoms with van der Waals surface area (Å²) >= 11 is 0. The van der Waals surface area contributed by atoms with Crippen molar-refractivity contribution >= 4 is 5.97 Å². The second-order valence-electron chi connectivity index (χ2n) is 6.97. The Kier molecular flexibility index (Phi) is 7.63. The van der Waals surface area contributed by atoms with Crippen LogP contribution in [0, 0.1) is 5.41 Å². The highest BCUT2D eigenvalue weighted by molar-refractivity contribution is 5.75. The monoisotopic (exact) mass is 359 g/mol. The SMILES string of the molecule is CCOC(=O)C(C)(C)CCCCCCOc1ccc(-c2ccn[nH]2)nc1. The number of carbonyl (C=O) groups excluding carboxylic acids is 1. The van der Waals surface area contributed by atoms with Crippen molar-refractivity contribution in [3.05, 3.63) is 30.6 Å². The van der Waals surface area contributed by atoms with E-state index in [-0.39, 0.29) is 5.97 Å². The summed E-state index contributed by atoms with van der Waals surface area (Å²) in [4.78, 5) is 16.2. The van der Waals surface area contributed by atoms with Gasteiger partial charge in [-0.2, -0.15) is 5.10 Å². The zero-order valence-electron chi connectivity index (χ0n) is 16.0. The van der Waals surface area contributed by atoms with Gasteiger partial charge in [0.2, 0.25) is 0 Å². The number of aromatic nitrogens is 3. The predicted molar refractivity (Wildman–Crippen MR) is 101 cm³/mol. The number of pyridine rings is 1. The van der Waals surface area contributed by atoms with Gasteiger partial charge in [-0.15, -0.1) is 0 Å². The second-order valence-corrected chi connectivity index (χ2v) is 6.97. The minimum atomic E-state index is -0.394. The Labute approximate surface area is 155 Å². The Hall–Kier alpha value is -2.37. The van der Waals surface area contributed by atoms with Gasteiger partial charge in [0, 0.05) is 6.20 Å². The van der Waals surface area contributed by atoms with Crippen LogP contribution in [-0.2, 0) is 9.53 Å². The average molecular weight is 359 g/mol. The molecular weight excluding hydrogens is 330 g/mol. The second kappa shape index (κ2) is 9.94. The molecule has 0 aromatic carbocycles. The number of unbranched alkanes of at least 4 members (excludes halogenated alkanes) is 3. The summed E-state index contributed by atoms with van der Waals surface area (Å²) < 4.78 is 10.8. The molecule has 0 bridgehead atoms. The molecule has 0 radical (unpaired) electrons. The summed E-state index contributed by atoms with van der Waals surface area (Å²) in [5.74, 6) is 0.672. The zero-order chi connectivity index (χ0) is 18.8. The van der Waals surface area contributed by atoms with Gasteiger partial charge in [0.25, 0.3) is 0 Å². The van der Waals surface area contributed by atoms with E-state index < -0.39 is 5.41 Å². The first-order valence-corrected chi connectivity index (χ1v) is 9.29. The van der Waals surface area contributed by atoms with Crippen LogP contribution < -0.4 is 4.74 Å². The quantitative estimate of drug-likeness (QED) is 0.475. The molecule has 6 nitrogen and oxygen atoms in total. The van der Waals surface area contributed by atoms with Crippen LogP contribution in [0.4, 0.5) is 0 Å². The third-order valence-corrected chi connectivity index (χ3v) is 4.31. The predicted octanol–water partition coefficient (Wildman–Crippen LogP) is 4.39. The van der Waals surface area contributed by atoms with Crippen molar-refractivity contribution < 1.29 is 14.3 Å². The maximum Gasteiger partial charge on any atom is 0.311 e. The van der Waals surface area contributed by atoms with E-state index in [4.69, 9.17) is 9.47 Å². The van der Waals surface area contributed by atoms with Crippen molar-refractivity contribution in [1.29, 1.82) is 0 Å². The molecule has 1 N–H and O–H groups in total. The summed E-state index contributed by atoms with van der Waals surface area (Å²) in [7, 11) is 0. The van der Waals surface area contributed by atoms with Crippen molar-refractivity contribution in [2.24, 2.45) is 5.41 Å². The molecule has 0 aliphatic carbocycles. The molecule has 0 amide bonds. The van der Waals surface area contributed by atoms with E-state index in [1.54, 1.807) is 12.4 Å². The van der Waals surface area contributed by atoms with Gasteiger partial charge in [-0.1, -0.05) is 19.3 Å². The molecule has 0 aliphatic heterocycles. The van der Waals surface area contributed by atoms with Gasteiger partial charge in [0.15, 0.2) is 0 Å². The summed E-state index contributed by atoms with van der Waals surface area (Å²) in [5, 5.41) is 6.80. The highest BCUT2D eigenvalue weighted by Gasteiger charge is 2.28. The number of nitrogens with zero attached hydrogens (tertiary/aromatic N) is 2. The minimum absolute atomic E-state index is 0.102. The van der Waals surface area contributed by atoms with Crippen LogP contribution in [0.5, 0.6) is 5.75 Å². The van der Waals surface area contributed by atoms with Crippen molar-refractivity contribution in [2.75, 3.05) is 13.2 Å². The lowest BCUT2D eigenvalue weighted by Gasteiger charge is -2.21. The van der Waals surface area contributed by atoms with Gasteiger partial charge in [0.05, 0.1) is 36.2 Å². The highest BCUT2D eigenvalue weighted by atomic mass is 16.5. The Bertz CT molecular complexity index is 651. The van der Waals surface area contributed by atoms with E-state index in [0.29, 0.717) is 13.2 Å². The summed E-state index contributed by atoms with van der Waals surface area (Å²) in [6.45, 7) is 6.86. The van der Waals surface area contributed by atoms with Crippen LogP contribution in [0.15, 0.2) is 30.6 Å². The lowest BCUT2D eigenvalue weighted by Crippen LogP contribution is -2.26. The van der Waals surface area contributed by atoms with Gasteiger partial charge in [-0.05, 0) is 51.8 Å². The molecule has 2 heterocycles. The van der Waals surface area contributed by atoms with Crippen molar-refractivity contribution in [3.8, 4) is 17.1 Å². The molecule has 0 saturated carbocycles. The first kappa shape index (κ1) is 19.9.